The van der Waals surface area contributed by atoms with E-state index in [-0.39, 0.29) is 12.3 Å². The Morgan fingerprint density at radius 2 is 1.95 bits per heavy atom. The lowest BCUT2D eigenvalue weighted by Crippen LogP contribution is -2.15. The maximum Gasteiger partial charge on any atom is 0.228 e. The fraction of sp³-hybridized carbons (Fsp3) is 0.133. The topological polar surface area (TPSA) is 29.1 Å². The Bertz CT molecular complexity index is 631. The van der Waals surface area contributed by atoms with E-state index in [1.54, 1.807) is 30.0 Å². The number of para-hydroxylation sites is 1. The number of hydrogen-bond acceptors (Lipinski definition) is 2. The first kappa shape index (κ1) is 15.2. The predicted octanol–water partition coefficient (Wildman–Crippen LogP) is 4.90. The number of carbonyl (C=O) groups excluding carboxylic acids is 1. The Labute approximate surface area is 132 Å². The van der Waals surface area contributed by atoms with Crippen LogP contribution in [-0.4, -0.2) is 12.2 Å². The summed E-state index contributed by atoms with van der Waals surface area (Å²) in [5, 5.41) is 3.97. The molecule has 0 saturated carbocycles. The summed E-state index contributed by atoms with van der Waals surface area (Å²) in [4.78, 5) is 13.1. The van der Waals surface area contributed by atoms with Crippen molar-refractivity contribution in [1.29, 1.82) is 0 Å². The second-order valence-corrected chi connectivity index (χ2v) is 5.85. The van der Waals surface area contributed by atoms with Crippen molar-refractivity contribution >= 4 is 46.6 Å². The number of halogens is 2. The van der Waals surface area contributed by atoms with Gasteiger partial charge in [-0.1, -0.05) is 41.4 Å². The molecular formula is C15H13Cl2NOS. The van der Waals surface area contributed by atoms with E-state index < -0.39 is 0 Å². The molecule has 2 rings (SSSR count). The molecule has 0 atom stereocenters. The normalized spacial score (nSPS) is 10.3. The molecule has 0 fully saturated rings. The monoisotopic (exact) mass is 325 g/mol. The molecule has 20 heavy (non-hydrogen) atoms. The van der Waals surface area contributed by atoms with E-state index in [4.69, 9.17) is 23.2 Å². The van der Waals surface area contributed by atoms with E-state index in [1.165, 1.54) is 0 Å². The molecule has 0 spiro atoms. The molecule has 0 aliphatic heterocycles. The molecule has 0 aliphatic rings. The van der Waals surface area contributed by atoms with Gasteiger partial charge in [0.2, 0.25) is 5.91 Å². The van der Waals surface area contributed by atoms with Crippen molar-refractivity contribution in [3.05, 3.63) is 58.1 Å². The number of anilines is 1. The molecule has 0 aliphatic carbocycles. The number of carbonyl (C=O) groups is 1. The molecule has 0 bridgehead atoms. The van der Waals surface area contributed by atoms with Crippen molar-refractivity contribution in [2.75, 3.05) is 11.6 Å². The van der Waals surface area contributed by atoms with Gasteiger partial charge in [0.15, 0.2) is 0 Å². The molecule has 104 valence electrons. The van der Waals surface area contributed by atoms with Crippen LogP contribution in [0.25, 0.3) is 0 Å². The first-order chi connectivity index (χ1) is 9.60. The third-order valence-electron chi connectivity index (χ3n) is 2.75. The van der Waals surface area contributed by atoms with E-state index >= 15 is 0 Å². The van der Waals surface area contributed by atoms with Gasteiger partial charge in [-0.25, -0.2) is 0 Å². The second kappa shape index (κ2) is 7.02. The van der Waals surface area contributed by atoms with Gasteiger partial charge >= 0.3 is 0 Å². The minimum Gasteiger partial charge on any atom is -0.325 e. The Morgan fingerprint density at radius 1 is 1.20 bits per heavy atom. The van der Waals surface area contributed by atoms with Gasteiger partial charge in [0.05, 0.1) is 12.1 Å². The molecule has 0 unspecified atom stereocenters. The van der Waals surface area contributed by atoms with Crippen LogP contribution < -0.4 is 5.32 Å². The highest BCUT2D eigenvalue weighted by atomic mass is 35.5. The van der Waals surface area contributed by atoms with Crippen LogP contribution in [0.1, 0.15) is 5.56 Å². The number of rotatable bonds is 4. The molecule has 1 N–H and O–H groups in total. The molecule has 2 aromatic carbocycles. The molecular weight excluding hydrogens is 313 g/mol. The van der Waals surface area contributed by atoms with E-state index in [0.29, 0.717) is 10.0 Å². The fourth-order valence-corrected chi connectivity index (χ4v) is 2.81. The summed E-state index contributed by atoms with van der Waals surface area (Å²) in [7, 11) is 0. The maximum atomic E-state index is 12.1. The molecule has 5 heteroatoms. The fourth-order valence-electron chi connectivity index (χ4n) is 1.78. The quantitative estimate of drug-likeness (QED) is 0.810. The largest absolute Gasteiger partial charge is 0.325 e. The highest BCUT2D eigenvalue weighted by Crippen LogP contribution is 2.25. The van der Waals surface area contributed by atoms with Crippen LogP contribution in [0, 0.1) is 0 Å². The van der Waals surface area contributed by atoms with Crippen LogP contribution in [0.3, 0.4) is 0 Å². The number of hydrogen-bond donors (Lipinski definition) is 1. The molecule has 0 radical (unpaired) electrons. The molecule has 2 aromatic rings. The van der Waals surface area contributed by atoms with Crippen LogP contribution in [0.15, 0.2) is 47.4 Å². The van der Waals surface area contributed by atoms with Gasteiger partial charge in [-0.15, -0.1) is 11.8 Å². The average Bonchev–Trinajstić information content (AvgIpc) is 2.42. The molecule has 0 aromatic heterocycles. The van der Waals surface area contributed by atoms with Gasteiger partial charge in [0.25, 0.3) is 0 Å². The van der Waals surface area contributed by atoms with Crippen molar-refractivity contribution in [2.45, 2.75) is 11.3 Å². The smallest absolute Gasteiger partial charge is 0.228 e. The summed E-state index contributed by atoms with van der Waals surface area (Å²) in [6.45, 7) is 0. The minimum absolute atomic E-state index is 0.101. The van der Waals surface area contributed by atoms with Gasteiger partial charge < -0.3 is 5.32 Å². The summed E-state index contributed by atoms with van der Waals surface area (Å²) < 4.78 is 0. The van der Waals surface area contributed by atoms with E-state index in [0.717, 1.165) is 16.1 Å². The Balaban J connectivity index is 2.09. The Kier molecular flexibility index (Phi) is 5.35. The summed E-state index contributed by atoms with van der Waals surface area (Å²) in [5.41, 5.74) is 1.57. The zero-order chi connectivity index (χ0) is 14.5. The summed E-state index contributed by atoms with van der Waals surface area (Å²) >= 11 is 13.5. The molecule has 0 saturated heterocycles. The lowest BCUT2D eigenvalue weighted by molar-refractivity contribution is -0.115. The first-order valence-electron chi connectivity index (χ1n) is 5.97. The highest BCUT2D eigenvalue weighted by Gasteiger charge is 2.09. The number of nitrogens with one attached hydrogen (secondary N) is 1. The third-order valence-corrected chi connectivity index (χ3v) is 4.13. The number of thioether (sulfide) groups is 1. The van der Waals surface area contributed by atoms with Gasteiger partial charge in [-0.3, -0.25) is 4.79 Å². The van der Waals surface area contributed by atoms with E-state index in [9.17, 15) is 4.79 Å². The van der Waals surface area contributed by atoms with Crippen LogP contribution in [0.5, 0.6) is 0 Å². The van der Waals surface area contributed by atoms with Crippen LogP contribution in [0.4, 0.5) is 5.69 Å². The van der Waals surface area contributed by atoms with Gasteiger partial charge in [0.1, 0.15) is 0 Å². The van der Waals surface area contributed by atoms with Crippen molar-refractivity contribution in [1.82, 2.24) is 0 Å². The van der Waals surface area contributed by atoms with Gasteiger partial charge in [-0.05, 0) is 36.1 Å². The molecule has 1 amide bonds. The third kappa shape index (κ3) is 3.92. The Hall–Kier alpha value is -1.16. The SMILES string of the molecule is CSc1ccccc1NC(=O)Cc1ccc(Cl)cc1Cl. The minimum atomic E-state index is -0.101. The van der Waals surface area contributed by atoms with Gasteiger partial charge in [-0.2, -0.15) is 0 Å². The zero-order valence-corrected chi connectivity index (χ0v) is 13.1. The summed E-state index contributed by atoms with van der Waals surface area (Å²) in [6.07, 6.45) is 2.19. The lowest BCUT2D eigenvalue weighted by atomic mass is 10.1. The molecule has 0 heterocycles. The molecule has 2 nitrogen and oxygen atoms in total. The van der Waals surface area contributed by atoms with E-state index in [1.807, 2.05) is 30.5 Å². The van der Waals surface area contributed by atoms with Crippen molar-refractivity contribution in [3.8, 4) is 0 Å². The van der Waals surface area contributed by atoms with E-state index in [2.05, 4.69) is 5.32 Å². The zero-order valence-electron chi connectivity index (χ0n) is 10.8. The standard InChI is InChI=1S/C15H13Cl2NOS/c1-20-14-5-3-2-4-13(14)18-15(19)8-10-6-7-11(16)9-12(10)17/h2-7,9H,8H2,1H3,(H,18,19). The average molecular weight is 326 g/mol. The summed E-state index contributed by atoms with van der Waals surface area (Å²) in [6, 6.07) is 12.8. The van der Waals surface area contributed by atoms with Crippen LogP contribution >= 0.6 is 35.0 Å². The Morgan fingerprint density at radius 3 is 2.65 bits per heavy atom. The predicted molar refractivity (Wildman–Crippen MR) is 87.0 cm³/mol. The second-order valence-electron chi connectivity index (χ2n) is 4.16. The van der Waals surface area contributed by atoms with Crippen LogP contribution in [-0.2, 0) is 11.2 Å². The number of amides is 1. The first-order valence-corrected chi connectivity index (χ1v) is 7.95. The highest BCUT2D eigenvalue weighted by molar-refractivity contribution is 7.98. The number of benzene rings is 2. The van der Waals surface area contributed by atoms with Crippen molar-refractivity contribution in [3.63, 3.8) is 0 Å². The summed E-state index contributed by atoms with van der Waals surface area (Å²) in [5.74, 6) is -0.101. The lowest BCUT2D eigenvalue weighted by Gasteiger charge is -2.10. The van der Waals surface area contributed by atoms with Crippen LogP contribution in [0.2, 0.25) is 10.0 Å². The van der Waals surface area contributed by atoms with Crippen molar-refractivity contribution < 1.29 is 4.79 Å². The van der Waals surface area contributed by atoms with Crippen molar-refractivity contribution in [2.24, 2.45) is 0 Å². The maximum absolute atomic E-state index is 12.1. The van der Waals surface area contributed by atoms with Gasteiger partial charge in [0, 0.05) is 14.9 Å².